The standard InChI is InChI=1S/C72H130O6/c1-4-7-10-13-16-19-22-25-28-30-32-33-34-35-36-37-38-39-41-42-44-47-50-53-56-59-62-65-71(74)77-68-69(67-76-70(73)64-61-58-55-52-49-46-27-24-21-18-15-12-9-6-3)78-72(75)66-63-60-57-54-51-48-45-43-40-31-29-26-23-20-17-14-11-8-5-2/h15,17-18,20,24,26-27,29-30,32,69H,4-14,16,19,21-23,25,28,31,33-68H2,1-3H3/b18-15-,20-17-,27-24-,29-26-,32-30-. The smallest absolute Gasteiger partial charge is 0.306 e. The van der Waals surface area contributed by atoms with E-state index in [2.05, 4.69) is 81.5 Å². The number of rotatable bonds is 63. The average molecular weight is 1090 g/mol. The summed E-state index contributed by atoms with van der Waals surface area (Å²) < 4.78 is 17.0. The van der Waals surface area contributed by atoms with Crippen LogP contribution in [-0.4, -0.2) is 37.2 Å². The highest BCUT2D eigenvalue weighted by molar-refractivity contribution is 5.71. The van der Waals surface area contributed by atoms with E-state index >= 15 is 0 Å². The number of unbranched alkanes of at least 4 members (excludes halogenated alkanes) is 42. The number of ether oxygens (including phenoxy) is 3. The minimum Gasteiger partial charge on any atom is -0.462 e. The van der Waals surface area contributed by atoms with Crippen LogP contribution in [0.5, 0.6) is 0 Å². The fraction of sp³-hybridized carbons (Fsp3) is 0.819. The number of hydrogen-bond acceptors (Lipinski definition) is 6. The van der Waals surface area contributed by atoms with Crippen LogP contribution in [-0.2, 0) is 28.6 Å². The van der Waals surface area contributed by atoms with Crippen LogP contribution in [0.15, 0.2) is 60.8 Å². The Morgan fingerprint density at radius 1 is 0.256 bits per heavy atom. The lowest BCUT2D eigenvalue weighted by Crippen LogP contribution is -2.30. The van der Waals surface area contributed by atoms with E-state index in [0.29, 0.717) is 19.3 Å². The van der Waals surface area contributed by atoms with Crippen molar-refractivity contribution >= 4 is 17.9 Å². The van der Waals surface area contributed by atoms with Gasteiger partial charge in [-0.05, 0) is 103 Å². The van der Waals surface area contributed by atoms with E-state index in [4.69, 9.17) is 14.2 Å². The largest absolute Gasteiger partial charge is 0.462 e. The molecule has 6 nitrogen and oxygen atoms in total. The predicted molar refractivity (Wildman–Crippen MR) is 339 cm³/mol. The zero-order valence-corrected chi connectivity index (χ0v) is 52.2. The van der Waals surface area contributed by atoms with E-state index in [1.807, 2.05) is 0 Å². The molecule has 0 aromatic heterocycles. The highest BCUT2D eigenvalue weighted by atomic mass is 16.6. The molecular formula is C72H130O6. The first-order valence-corrected chi connectivity index (χ1v) is 34.3. The highest BCUT2D eigenvalue weighted by Gasteiger charge is 2.19. The molecule has 6 heteroatoms. The minimum absolute atomic E-state index is 0.0778. The summed E-state index contributed by atoms with van der Waals surface area (Å²) in [6.07, 6.45) is 85.3. The zero-order chi connectivity index (χ0) is 56.4. The van der Waals surface area contributed by atoms with Crippen LogP contribution in [0.1, 0.15) is 361 Å². The molecule has 1 atom stereocenters. The fourth-order valence-corrected chi connectivity index (χ4v) is 10.0. The molecule has 78 heavy (non-hydrogen) atoms. The quantitative estimate of drug-likeness (QED) is 0.0261. The van der Waals surface area contributed by atoms with Crippen LogP contribution in [0.2, 0.25) is 0 Å². The Hall–Kier alpha value is -2.89. The Bertz CT molecular complexity index is 1390. The van der Waals surface area contributed by atoms with Gasteiger partial charge >= 0.3 is 17.9 Å². The van der Waals surface area contributed by atoms with Crippen molar-refractivity contribution in [2.75, 3.05) is 13.2 Å². The summed E-state index contributed by atoms with van der Waals surface area (Å²) >= 11 is 0. The van der Waals surface area contributed by atoms with Crippen LogP contribution < -0.4 is 0 Å². The molecule has 0 amide bonds. The molecule has 0 rings (SSSR count). The molecule has 0 heterocycles. The van der Waals surface area contributed by atoms with E-state index in [9.17, 15) is 14.4 Å². The van der Waals surface area contributed by atoms with Crippen molar-refractivity contribution in [2.45, 2.75) is 367 Å². The van der Waals surface area contributed by atoms with Gasteiger partial charge in [-0.15, -0.1) is 0 Å². The van der Waals surface area contributed by atoms with Crippen molar-refractivity contribution in [1.82, 2.24) is 0 Å². The molecule has 454 valence electrons. The van der Waals surface area contributed by atoms with Gasteiger partial charge in [0.2, 0.25) is 0 Å². The number of hydrogen-bond donors (Lipinski definition) is 0. The Balaban J connectivity index is 4.26. The highest BCUT2D eigenvalue weighted by Crippen LogP contribution is 2.17. The maximum Gasteiger partial charge on any atom is 0.306 e. The third-order valence-corrected chi connectivity index (χ3v) is 15.2. The average Bonchev–Trinajstić information content (AvgIpc) is 3.44. The first-order valence-electron chi connectivity index (χ1n) is 34.3. The summed E-state index contributed by atoms with van der Waals surface area (Å²) in [5, 5.41) is 0. The summed E-state index contributed by atoms with van der Waals surface area (Å²) in [4.78, 5) is 38.4. The minimum atomic E-state index is -0.783. The summed E-state index contributed by atoms with van der Waals surface area (Å²) in [5.74, 6) is -0.877. The van der Waals surface area contributed by atoms with E-state index in [0.717, 1.165) is 83.5 Å². The molecule has 0 bridgehead atoms. The van der Waals surface area contributed by atoms with E-state index in [1.54, 1.807) is 0 Å². The molecule has 0 spiro atoms. The monoisotopic (exact) mass is 1090 g/mol. The van der Waals surface area contributed by atoms with Crippen molar-refractivity contribution in [3.8, 4) is 0 Å². The number of carbonyl (C=O) groups is 3. The first kappa shape index (κ1) is 75.1. The maximum atomic E-state index is 12.9. The molecule has 0 aliphatic heterocycles. The molecule has 0 aliphatic rings. The second-order valence-electron chi connectivity index (χ2n) is 23.1. The van der Waals surface area contributed by atoms with Gasteiger partial charge in [0.25, 0.3) is 0 Å². The van der Waals surface area contributed by atoms with Gasteiger partial charge in [-0.25, -0.2) is 0 Å². The Labute approximate surface area is 485 Å². The molecule has 0 aromatic carbocycles. The van der Waals surface area contributed by atoms with Crippen LogP contribution in [0.3, 0.4) is 0 Å². The van der Waals surface area contributed by atoms with Crippen LogP contribution >= 0.6 is 0 Å². The van der Waals surface area contributed by atoms with E-state index in [-0.39, 0.29) is 31.1 Å². The number of carbonyl (C=O) groups excluding carboxylic acids is 3. The summed E-state index contributed by atoms with van der Waals surface area (Å²) in [6, 6.07) is 0. The lowest BCUT2D eigenvalue weighted by Gasteiger charge is -2.18. The van der Waals surface area contributed by atoms with Crippen LogP contribution in [0.25, 0.3) is 0 Å². The van der Waals surface area contributed by atoms with Crippen LogP contribution in [0, 0.1) is 0 Å². The number of allylic oxidation sites excluding steroid dienone is 10. The third kappa shape index (κ3) is 63.9. The van der Waals surface area contributed by atoms with Crippen molar-refractivity contribution < 1.29 is 28.6 Å². The van der Waals surface area contributed by atoms with Gasteiger partial charge in [-0.3, -0.25) is 14.4 Å². The van der Waals surface area contributed by atoms with Gasteiger partial charge < -0.3 is 14.2 Å². The molecule has 1 unspecified atom stereocenters. The molecule has 0 aliphatic carbocycles. The van der Waals surface area contributed by atoms with Crippen molar-refractivity contribution in [2.24, 2.45) is 0 Å². The maximum absolute atomic E-state index is 12.9. The van der Waals surface area contributed by atoms with Gasteiger partial charge in [0.1, 0.15) is 13.2 Å². The topological polar surface area (TPSA) is 78.9 Å². The summed E-state index contributed by atoms with van der Waals surface area (Å²) in [6.45, 7) is 6.61. The first-order chi connectivity index (χ1) is 38.5. The summed E-state index contributed by atoms with van der Waals surface area (Å²) in [5.41, 5.74) is 0. The Morgan fingerprint density at radius 2 is 0.474 bits per heavy atom. The SMILES string of the molecule is CCCC/C=C\C/C=C\CCCCCCCC(=O)OCC(COC(=O)CCCCCCCCCCCCCCCCC/C=C\CCCCCCCCCC)OC(=O)CCCCCCCCCCC/C=C\C/C=C\CCCCC. The third-order valence-electron chi connectivity index (χ3n) is 15.2. The molecular weight excluding hydrogens is 961 g/mol. The second kappa shape index (κ2) is 66.6. The van der Waals surface area contributed by atoms with E-state index in [1.165, 1.54) is 238 Å². The molecule has 0 radical (unpaired) electrons. The molecule has 0 saturated carbocycles. The van der Waals surface area contributed by atoms with Gasteiger partial charge in [0.15, 0.2) is 6.10 Å². The van der Waals surface area contributed by atoms with Crippen molar-refractivity contribution in [3.05, 3.63) is 60.8 Å². The Kier molecular flexibility index (Phi) is 64.2. The molecule has 0 fully saturated rings. The van der Waals surface area contributed by atoms with E-state index < -0.39 is 6.10 Å². The van der Waals surface area contributed by atoms with Gasteiger partial charge in [-0.1, -0.05) is 300 Å². The lowest BCUT2D eigenvalue weighted by molar-refractivity contribution is -0.167. The molecule has 0 aromatic rings. The van der Waals surface area contributed by atoms with Crippen LogP contribution in [0.4, 0.5) is 0 Å². The Morgan fingerprint density at radius 3 is 0.782 bits per heavy atom. The second-order valence-corrected chi connectivity index (χ2v) is 23.1. The van der Waals surface area contributed by atoms with Gasteiger partial charge in [-0.2, -0.15) is 0 Å². The normalized spacial score (nSPS) is 12.4. The molecule has 0 saturated heterocycles. The lowest BCUT2D eigenvalue weighted by atomic mass is 10.0. The van der Waals surface area contributed by atoms with Crippen molar-refractivity contribution in [3.63, 3.8) is 0 Å². The number of esters is 3. The zero-order valence-electron chi connectivity index (χ0n) is 52.2. The fourth-order valence-electron chi connectivity index (χ4n) is 10.0. The molecule has 0 N–H and O–H groups in total. The predicted octanol–water partition coefficient (Wildman–Crippen LogP) is 23.5. The van der Waals surface area contributed by atoms with Gasteiger partial charge in [0, 0.05) is 19.3 Å². The van der Waals surface area contributed by atoms with Gasteiger partial charge in [0.05, 0.1) is 0 Å². The van der Waals surface area contributed by atoms with Crippen molar-refractivity contribution in [1.29, 1.82) is 0 Å². The summed E-state index contributed by atoms with van der Waals surface area (Å²) in [7, 11) is 0.